The van der Waals surface area contributed by atoms with Gasteiger partial charge >= 0.3 is 0 Å². The SMILES string of the molecule is CC[C@H](C)N(CC(=O)N1CCc2sccc2[C@@H]1c1ccccc1)S(=O)(=O)c1ccc2ccccc2c1. The molecule has 3 aromatic carbocycles. The second-order valence-electron chi connectivity index (χ2n) is 9.27. The molecule has 0 saturated heterocycles. The zero-order valence-corrected chi connectivity index (χ0v) is 22.1. The van der Waals surface area contributed by atoms with Gasteiger partial charge in [-0.15, -0.1) is 11.3 Å². The lowest BCUT2D eigenvalue weighted by atomic mass is 9.93. The van der Waals surface area contributed by atoms with E-state index in [0.717, 1.165) is 28.3 Å². The predicted octanol–water partition coefficient (Wildman–Crippen LogP) is 5.86. The fraction of sp³-hybridized carbons (Fsp3) is 0.276. The van der Waals surface area contributed by atoms with Crippen molar-refractivity contribution in [2.45, 2.75) is 43.7 Å². The first-order valence-electron chi connectivity index (χ1n) is 12.3. The maximum absolute atomic E-state index is 13.9. The van der Waals surface area contributed by atoms with Crippen LogP contribution >= 0.6 is 11.3 Å². The molecule has 5 rings (SSSR count). The van der Waals surface area contributed by atoms with E-state index in [4.69, 9.17) is 0 Å². The molecule has 36 heavy (non-hydrogen) atoms. The van der Waals surface area contributed by atoms with Gasteiger partial charge in [0.15, 0.2) is 0 Å². The van der Waals surface area contributed by atoms with Gasteiger partial charge in [0.05, 0.1) is 17.5 Å². The number of carbonyl (C=O) groups excluding carboxylic acids is 1. The van der Waals surface area contributed by atoms with Gasteiger partial charge in [0.1, 0.15) is 0 Å². The van der Waals surface area contributed by atoms with E-state index in [1.807, 2.05) is 79.4 Å². The van der Waals surface area contributed by atoms with Crippen molar-refractivity contribution in [1.82, 2.24) is 9.21 Å². The van der Waals surface area contributed by atoms with Crippen molar-refractivity contribution >= 4 is 38.0 Å². The maximum Gasteiger partial charge on any atom is 0.243 e. The highest BCUT2D eigenvalue weighted by Crippen LogP contribution is 2.38. The minimum atomic E-state index is -3.88. The molecule has 5 nitrogen and oxygen atoms in total. The van der Waals surface area contributed by atoms with E-state index < -0.39 is 10.0 Å². The topological polar surface area (TPSA) is 57.7 Å². The van der Waals surface area contributed by atoms with Crippen molar-refractivity contribution in [2.75, 3.05) is 13.1 Å². The minimum absolute atomic E-state index is 0.176. The van der Waals surface area contributed by atoms with Crippen molar-refractivity contribution in [2.24, 2.45) is 0 Å². The summed E-state index contributed by atoms with van der Waals surface area (Å²) in [4.78, 5) is 17.2. The van der Waals surface area contributed by atoms with Gasteiger partial charge in [0.25, 0.3) is 0 Å². The monoisotopic (exact) mass is 518 g/mol. The lowest BCUT2D eigenvalue weighted by molar-refractivity contribution is -0.133. The molecule has 0 aliphatic carbocycles. The first-order chi connectivity index (χ1) is 17.4. The summed E-state index contributed by atoms with van der Waals surface area (Å²) in [6, 6.07) is 24.4. The fourth-order valence-corrected chi connectivity index (χ4v) is 7.54. The molecule has 0 fully saturated rings. The van der Waals surface area contributed by atoms with Gasteiger partial charge in [-0.25, -0.2) is 8.42 Å². The number of carbonyl (C=O) groups is 1. The summed E-state index contributed by atoms with van der Waals surface area (Å²) in [6.45, 7) is 4.19. The Morgan fingerprint density at radius 2 is 1.75 bits per heavy atom. The number of hydrogen-bond acceptors (Lipinski definition) is 4. The summed E-state index contributed by atoms with van der Waals surface area (Å²) in [7, 11) is -3.88. The molecule has 0 N–H and O–H groups in total. The number of sulfonamides is 1. The van der Waals surface area contributed by atoms with Crippen LogP contribution in [0.25, 0.3) is 10.8 Å². The maximum atomic E-state index is 13.9. The van der Waals surface area contributed by atoms with Crippen molar-refractivity contribution in [3.8, 4) is 0 Å². The van der Waals surface area contributed by atoms with Gasteiger partial charge in [-0.1, -0.05) is 67.6 Å². The standard InChI is InChI=1S/C29H30N2O3S2/c1-3-21(2)31(36(33,34)25-14-13-22-9-7-8-12-24(22)19-25)20-28(32)30-17-15-27-26(16-18-35-27)29(30)23-10-5-4-6-11-23/h4-14,16,18-19,21,29H,3,15,17,20H2,1-2H3/t21-,29-/m0/s1. The zero-order chi connectivity index (χ0) is 25.3. The van der Waals surface area contributed by atoms with E-state index in [9.17, 15) is 13.2 Å². The Morgan fingerprint density at radius 3 is 2.50 bits per heavy atom. The van der Waals surface area contributed by atoms with Crippen molar-refractivity contribution in [3.05, 3.63) is 100 Å². The Labute approximate surface area is 217 Å². The Morgan fingerprint density at radius 1 is 1.03 bits per heavy atom. The molecule has 0 radical (unpaired) electrons. The van der Waals surface area contributed by atoms with Crippen molar-refractivity contribution in [3.63, 3.8) is 0 Å². The van der Waals surface area contributed by atoms with Crippen LogP contribution in [0.1, 0.15) is 42.3 Å². The molecule has 1 aromatic heterocycles. The summed E-state index contributed by atoms with van der Waals surface area (Å²) >= 11 is 1.72. The Kier molecular flexibility index (Phi) is 6.97. The second kappa shape index (κ2) is 10.2. The number of rotatable bonds is 7. The van der Waals surface area contributed by atoms with Crippen molar-refractivity contribution in [1.29, 1.82) is 0 Å². The highest BCUT2D eigenvalue weighted by molar-refractivity contribution is 7.89. The van der Waals surface area contributed by atoms with E-state index in [1.165, 1.54) is 9.18 Å². The predicted molar refractivity (Wildman–Crippen MR) is 146 cm³/mol. The van der Waals surface area contributed by atoms with Crippen LogP contribution in [0, 0.1) is 0 Å². The van der Waals surface area contributed by atoms with Crippen LogP contribution in [0.15, 0.2) is 89.1 Å². The largest absolute Gasteiger partial charge is 0.330 e. The van der Waals surface area contributed by atoms with E-state index >= 15 is 0 Å². The van der Waals surface area contributed by atoms with E-state index in [2.05, 4.69) is 11.4 Å². The molecular weight excluding hydrogens is 488 g/mol. The quantitative estimate of drug-likeness (QED) is 0.308. The molecule has 2 heterocycles. The Hall–Kier alpha value is -3.00. The Balaban J connectivity index is 1.49. The van der Waals surface area contributed by atoms with Crippen LogP contribution in [-0.2, 0) is 21.2 Å². The fourth-order valence-electron chi connectivity index (χ4n) is 4.95. The summed E-state index contributed by atoms with van der Waals surface area (Å²) in [6.07, 6.45) is 1.39. The number of hydrogen-bond donors (Lipinski definition) is 0. The molecule has 4 aromatic rings. The normalized spacial score (nSPS) is 16.8. The summed E-state index contributed by atoms with van der Waals surface area (Å²) in [5.41, 5.74) is 2.18. The number of amides is 1. The third kappa shape index (κ3) is 4.59. The molecule has 0 spiro atoms. The minimum Gasteiger partial charge on any atom is -0.330 e. The van der Waals surface area contributed by atoms with Crippen LogP contribution in [0.2, 0.25) is 0 Å². The summed E-state index contributed by atoms with van der Waals surface area (Å²) in [5, 5.41) is 3.91. The van der Waals surface area contributed by atoms with Gasteiger partial charge in [-0.2, -0.15) is 4.31 Å². The average Bonchev–Trinajstić information content (AvgIpc) is 3.39. The molecule has 1 aliphatic rings. The Bertz CT molecular complexity index is 1480. The second-order valence-corrected chi connectivity index (χ2v) is 12.2. The van der Waals surface area contributed by atoms with Crippen LogP contribution in [0.4, 0.5) is 0 Å². The third-order valence-electron chi connectivity index (χ3n) is 7.10. The van der Waals surface area contributed by atoms with Crippen molar-refractivity contribution < 1.29 is 13.2 Å². The first-order valence-corrected chi connectivity index (χ1v) is 14.6. The highest BCUT2D eigenvalue weighted by Gasteiger charge is 2.37. The van der Waals surface area contributed by atoms with Crippen LogP contribution in [0.5, 0.6) is 0 Å². The van der Waals surface area contributed by atoms with E-state index in [-0.39, 0.29) is 29.4 Å². The molecule has 1 aliphatic heterocycles. The molecule has 0 saturated carbocycles. The molecule has 0 bridgehead atoms. The molecule has 0 unspecified atom stereocenters. The summed E-state index contributed by atoms with van der Waals surface area (Å²) in [5.74, 6) is -0.176. The van der Waals surface area contributed by atoms with Gasteiger partial charge in [-0.3, -0.25) is 4.79 Å². The lowest BCUT2D eigenvalue weighted by Crippen LogP contribution is -2.49. The smallest absolute Gasteiger partial charge is 0.243 e. The molecule has 7 heteroatoms. The van der Waals surface area contributed by atoms with Crippen LogP contribution in [0.3, 0.4) is 0 Å². The van der Waals surface area contributed by atoms with E-state index in [1.54, 1.807) is 23.5 Å². The van der Waals surface area contributed by atoms with Gasteiger partial charge in [0, 0.05) is 17.5 Å². The number of nitrogens with zero attached hydrogens (tertiary/aromatic N) is 2. The number of benzene rings is 3. The lowest BCUT2D eigenvalue weighted by Gasteiger charge is -2.38. The van der Waals surface area contributed by atoms with Crippen LogP contribution < -0.4 is 0 Å². The number of fused-ring (bicyclic) bond motifs is 2. The van der Waals surface area contributed by atoms with E-state index in [0.29, 0.717) is 13.0 Å². The van der Waals surface area contributed by atoms with Gasteiger partial charge < -0.3 is 4.90 Å². The van der Waals surface area contributed by atoms with Gasteiger partial charge in [-0.05, 0) is 65.2 Å². The third-order valence-corrected chi connectivity index (χ3v) is 10.1. The average molecular weight is 519 g/mol. The highest BCUT2D eigenvalue weighted by atomic mass is 32.2. The van der Waals surface area contributed by atoms with Gasteiger partial charge in [0.2, 0.25) is 15.9 Å². The molecule has 186 valence electrons. The summed E-state index contributed by atoms with van der Waals surface area (Å²) < 4.78 is 29.1. The number of thiophene rings is 1. The first kappa shape index (κ1) is 24.7. The molecule has 1 amide bonds. The molecular formula is C29H30N2O3S2. The van der Waals surface area contributed by atoms with Crippen LogP contribution in [-0.4, -0.2) is 42.7 Å². The molecule has 2 atom stereocenters. The zero-order valence-electron chi connectivity index (χ0n) is 20.5.